The molecule has 1 unspecified atom stereocenters. The second-order valence-electron chi connectivity index (χ2n) is 5.86. The van der Waals surface area contributed by atoms with Crippen molar-refractivity contribution in [2.24, 2.45) is 0 Å². The lowest BCUT2D eigenvalue weighted by atomic mass is 10.1. The van der Waals surface area contributed by atoms with Crippen molar-refractivity contribution in [2.75, 3.05) is 6.54 Å². The van der Waals surface area contributed by atoms with Crippen LogP contribution in [0.25, 0.3) is 21.4 Å². The van der Waals surface area contributed by atoms with Gasteiger partial charge in [0.05, 0.1) is 6.10 Å². The lowest BCUT2D eigenvalue weighted by Crippen LogP contribution is -2.28. The minimum absolute atomic E-state index is 0.104. The van der Waals surface area contributed by atoms with Gasteiger partial charge in [-0.15, -0.1) is 11.3 Å². The zero-order valence-electron chi connectivity index (χ0n) is 13.8. The van der Waals surface area contributed by atoms with E-state index in [4.69, 9.17) is 4.52 Å². The molecule has 4 rings (SSSR count). The standard InChI is InChI=1S/C20H16N2O3S/c23-17(15-12-26-19-9-5-4-8-14(15)19)11-21-20(24)16-10-18(25-22-16)13-6-2-1-3-7-13/h1-10,12,17,23H,11H2,(H,21,24). The van der Waals surface area contributed by atoms with Crippen molar-refractivity contribution in [1.29, 1.82) is 0 Å². The molecule has 1 amide bonds. The van der Waals surface area contributed by atoms with Gasteiger partial charge < -0.3 is 14.9 Å². The second-order valence-corrected chi connectivity index (χ2v) is 6.77. The number of aromatic nitrogens is 1. The van der Waals surface area contributed by atoms with Gasteiger partial charge in [0.15, 0.2) is 11.5 Å². The average Bonchev–Trinajstić information content (AvgIpc) is 3.34. The van der Waals surface area contributed by atoms with Crippen LogP contribution in [0.1, 0.15) is 22.2 Å². The zero-order valence-corrected chi connectivity index (χ0v) is 14.6. The van der Waals surface area contributed by atoms with Gasteiger partial charge in [-0.25, -0.2) is 0 Å². The number of aliphatic hydroxyl groups is 1. The van der Waals surface area contributed by atoms with E-state index in [9.17, 15) is 9.90 Å². The van der Waals surface area contributed by atoms with Gasteiger partial charge in [0.25, 0.3) is 5.91 Å². The Labute approximate surface area is 153 Å². The topological polar surface area (TPSA) is 75.4 Å². The summed E-state index contributed by atoms with van der Waals surface area (Å²) >= 11 is 1.57. The molecule has 0 bridgehead atoms. The summed E-state index contributed by atoms with van der Waals surface area (Å²) in [6.45, 7) is 0.104. The lowest BCUT2D eigenvalue weighted by molar-refractivity contribution is 0.0908. The maximum atomic E-state index is 12.3. The van der Waals surface area contributed by atoms with Crippen LogP contribution in [0.2, 0.25) is 0 Å². The molecule has 5 nitrogen and oxygen atoms in total. The number of carbonyl (C=O) groups is 1. The summed E-state index contributed by atoms with van der Waals surface area (Å²) in [6, 6.07) is 18.9. The molecule has 2 heterocycles. The predicted octanol–water partition coefficient (Wildman–Crippen LogP) is 4.02. The number of aliphatic hydroxyl groups excluding tert-OH is 1. The first-order chi connectivity index (χ1) is 12.7. The van der Waals surface area contributed by atoms with Crippen molar-refractivity contribution >= 4 is 27.3 Å². The molecule has 2 aromatic heterocycles. The first-order valence-electron chi connectivity index (χ1n) is 8.17. The van der Waals surface area contributed by atoms with Gasteiger partial charge >= 0.3 is 0 Å². The van der Waals surface area contributed by atoms with E-state index in [0.29, 0.717) is 5.76 Å². The quantitative estimate of drug-likeness (QED) is 0.561. The van der Waals surface area contributed by atoms with Gasteiger partial charge in [-0.2, -0.15) is 0 Å². The van der Waals surface area contributed by atoms with E-state index in [1.54, 1.807) is 17.4 Å². The lowest BCUT2D eigenvalue weighted by Gasteiger charge is -2.10. The molecular formula is C20H16N2O3S. The molecular weight excluding hydrogens is 348 g/mol. The van der Waals surface area contributed by atoms with Crippen molar-refractivity contribution in [2.45, 2.75) is 6.10 Å². The van der Waals surface area contributed by atoms with E-state index in [-0.39, 0.29) is 18.1 Å². The summed E-state index contributed by atoms with van der Waals surface area (Å²) in [7, 11) is 0. The Balaban J connectivity index is 1.43. The molecule has 26 heavy (non-hydrogen) atoms. The fourth-order valence-electron chi connectivity index (χ4n) is 2.77. The molecule has 4 aromatic rings. The van der Waals surface area contributed by atoms with Gasteiger partial charge in [0.2, 0.25) is 0 Å². The summed E-state index contributed by atoms with van der Waals surface area (Å²) < 4.78 is 6.35. The fourth-order valence-corrected chi connectivity index (χ4v) is 3.77. The van der Waals surface area contributed by atoms with Crippen LogP contribution in [0.5, 0.6) is 0 Å². The van der Waals surface area contributed by atoms with Crippen LogP contribution in [-0.2, 0) is 0 Å². The van der Waals surface area contributed by atoms with Gasteiger partial charge in [-0.1, -0.05) is 53.7 Å². The molecule has 0 aliphatic carbocycles. The Morgan fingerprint density at radius 2 is 1.92 bits per heavy atom. The Morgan fingerprint density at radius 3 is 2.77 bits per heavy atom. The largest absolute Gasteiger partial charge is 0.387 e. The number of hydrogen-bond acceptors (Lipinski definition) is 5. The highest BCUT2D eigenvalue weighted by Crippen LogP contribution is 2.30. The van der Waals surface area contributed by atoms with Crippen molar-refractivity contribution in [3.05, 3.63) is 77.3 Å². The Bertz CT molecular complexity index is 1040. The Hall–Kier alpha value is -2.96. The van der Waals surface area contributed by atoms with Gasteiger partial charge in [0.1, 0.15) is 0 Å². The molecule has 0 aliphatic heterocycles. The molecule has 0 fully saturated rings. The van der Waals surface area contributed by atoms with Crippen LogP contribution in [0.15, 0.2) is 70.6 Å². The van der Waals surface area contributed by atoms with Gasteiger partial charge in [-0.05, 0) is 16.8 Å². The highest BCUT2D eigenvalue weighted by atomic mass is 32.1. The minimum Gasteiger partial charge on any atom is -0.387 e. The van der Waals surface area contributed by atoms with Crippen LogP contribution in [0.4, 0.5) is 0 Å². The molecule has 0 saturated heterocycles. The van der Waals surface area contributed by atoms with E-state index in [1.807, 2.05) is 60.0 Å². The average molecular weight is 364 g/mol. The number of amides is 1. The van der Waals surface area contributed by atoms with E-state index in [0.717, 1.165) is 21.2 Å². The van der Waals surface area contributed by atoms with Crippen LogP contribution >= 0.6 is 11.3 Å². The third-order valence-electron chi connectivity index (χ3n) is 4.13. The number of benzene rings is 2. The van der Waals surface area contributed by atoms with Crippen molar-refractivity contribution in [3.63, 3.8) is 0 Å². The number of hydrogen-bond donors (Lipinski definition) is 2. The highest BCUT2D eigenvalue weighted by molar-refractivity contribution is 7.17. The van der Waals surface area contributed by atoms with Crippen LogP contribution < -0.4 is 5.32 Å². The molecule has 1 atom stereocenters. The van der Waals surface area contributed by atoms with Gasteiger partial charge in [-0.3, -0.25) is 4.79 Å². The first-order valence-corrected chi connectivity index (χ1v) is 9.05. The third kappa shape index (κ3) is 3.24. The molecule has 2 N–H and O–H groups in total. The van der Waals surface area contributed by atoms with E-state index < -0.39 is 6.10 Å². The summed E-state index contributed by atoms with van der Waals surface area (Å²) in [5.41, 5.74) is 1.85. The summed E-state index contributed by atoms with van der Waals surface area (Å²) in [4.78, 5) is 12.3. The molecule has 0 spiro atoms. The van der Waals surface area contributed by atoms with Gasteiger partial charge in [0, 0.05) is 28.4 Å². The zero-order chi connectivity index (χ0) is 17.9. The third-order valence-corrected chi connectivity index (χ3v) is 5.11. The second kappa shape index (κ2) is 7.11. The van der Waals surface area contributed by atoms with E-state index in [2.05, 4.69) is 10.5 Å². The molecule has 130 valence electrons. The molecule has 0 aliphatic rings. The number of nitrogens with zero attached hydrogens (tertiary/aromatic N) is 1. The monoisotopic (exact) mass is 364 g/mol. The summed E-state index contributed by atoms with van der Waals surface area (Å²) in [6.07, 6.45) is -0.782. The van der Waals surface area contributed by atoms with Crippen molar-refractivity contribution < 1.29 is 14.4 Å². The van der Waals surface area contributed by atoms with Crippen molar-refractivity contribution in [1.82, 2.24) is 10.5 Å². The van der Waals surface area contributed by atoms with Crippen molar-refractivity contribution in [3.8, 4) is 11.3 Å². The molecule has 0 saturated carbocycles. The Kier molecular flexibility index (Phi) is 4.51. The normalized spacial score (nSPS) is 12.2. The highest BCUT2D eigenvalue weighted by Gasteiger charge is 2.17. The number of thiophene rings is 1. The smallest absolute Gasteiger partial charge is 0.273 e. The molecule has 0 radical (unpaired) electrons. The SMILES string of the molecule is O=C(NCC(O)c1csc2ccccc12)c1cc(-c2ccccc2)on1. The predicted molar refractivity (Wildman–Crippen MR) is 101 cm³/mol. The van der Waals surface area contributed by atoms with Crippen LogP contribution in [0, 0.1) is 0 Å². The van der Waals surface area contributed by atoms with E-state index in [1.165, 1.54) is 0 Å². The summed E-state index contributed by atoms with van der Waals surface area (Å²) in [5, 5.41) is 19.9. The maximum absolute atomic E-state index is 12.3. The van der Waals surface area contributed by atoms with Crippen LogP contribution in [-0.4, -0.2) is 22.7 Å². The number of carbonyl (C=O) groups excluding carboxylic acids is 1. The minimum atomic E-state index is -0.782. The number of fused-ring (bicyclic) bond motifs is 1. The number of rotatable bonds is 5. The van der Waals surface area contributed by atoms with Crippen LogP contribution in [0.3, 0.4) is 0 Å². The maximum Gasteiger partial charge on any atom is 0.273 e. The fraction of sp³-hybridized carbons (Fsp3) is 0.100. The molecule has 6 heteroatoms. The number of nitrogens with one attached hydrogen (secondary N) is 1. The molecule has 2 aromatic carbocycles. The first kappa shape index (κ1) is 16.5. The van der Waals surface area contributed by atoms with E-state index >= 15 is 0 Å². The Morgan fingerprint density at radius 1 is 1.15 bits per heavy atom. The summed E-state index contributed by atoms with van der Waals surface area (Å²) in [5.74, 6) is 0.148.